The van der Waals surface area contributed by atoms with Crippen molar-refractivity contribution >= 4 is 28.8 Å². The maximum absolute atomic E-state index is 12.6. The van der Waals surface area contributed by atoms with Gasteiger partial charge in [-0.15, -0.1) is 11.3 Å². The van der Waals surface area contributed by atoms with Gasteiger partial charge in [0.2, 0.25) is 0 Å². The summed E-state index contributed by atoms with van der Waals surface area (Å²) in [5.41, 5.74) is 6.99. The van der Waals surface area contributed by atoms with Crippen molar-refractivity contribution in [2.24, 2.45) is 5.73 Å². The summed E-state index contributed by atoms with van der Waals surface area (Å²) >= 11 is 7.58. The topological polar surface area (TPSA) is 62.5 Å². The highest BCUT2D eigenvalue weighted by Crippen LogP contribution is 2.23. The van der Waals surface area contributed by atoms with E-state index in [1.54, 1.807) is 29.7 Å². The molecule has 7 heteroatoms. The van der Waals surface area contributed by atoms with E-state index in [0.29, 0.717) is 12.1 Å². The molecule has 1 fully saturated rings. The second-order valence-electron chi connectivity index (χ2n) is 5.51. The zero-order chi connectivity index (χ0) is 16.2. The van der Waals surface area contributed by atoms with Crippen LogP contribution in [0.25, 0.3) is 0 Å². The van der Waals surface area contributed by atoms with E-state index in [1.165, 1.54) is 4.88 Å². The fraction of sp³-hybridized carbons (Fsp3) is 0.375. The highest BCUT2D eigenvalue weighted by atomic mass is 35.5. The van der Waals surface area contributed by atoms with Gasteiger partial charge in [-0.05, 0) is 24.3 Å². The first-order valence-corrected chi connectivity index (χ1v) is 8.76. The van der Waals surface area contributed by atoms with Gasteiger partial charge < -0.3 is 10.6 Å². The summed E-state index contributed by atoms with van der Waals surface area (Å²) in [6.07, 6.45) is 1.65. The molecule has 3 rings (SSSR count). The Morgan fingerprint density at radius 2 is 2.04 bits per heavy atom. The van der Waals surface area contributed by atoms with Crippen LogP contribution in [0.4, 0.5) is 0 Å². The van der Waals surface area contributed by atoms with Gasteiger partial charge in [0.05, 0.1) is 10.0 Å². The van der Waals surface area contributed by atoms with Crippen molar-refractivity contribution in [1.82, 2.24) is 14.8 Å². The molecule has 122 valence electrons. The Hall–Kier alpha value is -1.47. The molecule has 23 heavy (non-hydrogen) atoms. The van der Waals surface area contributed by atoms with E-state index in [0.717, 1.165) is 42.8 Å². The smallest absolute Gasteiger partial charge is 0.254 e. The molecule has 0 spiro atoms. The van der Waals surface area contributed by atoms with Gasteiger partial charge in [0.25, 0.3) is 5.91 Å². The van der Waals surface area contributed by atoms with Crippen LogP contribution in [-0.4, -0.2) is 46.9 Å². The number of thiophene rings is 1. The van der Waals surface area contributed by atoms with E-state index in [2.05, 4.69) is 16.0 Å². The number of nitrogens with zero attached hydrogens (tertiary/aromatic N) is 3. The van der Waals surface area contributed by atoms with Crippen LogP contribution in [0.5, 0.6) is 0 Å². The lowest BCUT2D eigenvalue weighted by Crippen LogP contribution is -2.48. The van der Waals surface area contributed by atoms with Gasteiger partial charge in [-0.3, -0.25) is 14.7 Å². The van der Waals surface area contributed by atoms with Gasteiger partial charge in [0.1, 0.15) is 0 Å². The largest absolute Gasteiger partial charge is 0.336 e. The summed E-state index contributed by atoms with van der Waals surface area (Å²) in [7, 11) is 0. The van der Waals surface area contributed by atoms with E-state index in [1.807, 2.05) is 11.0 Å². The summed E-state index contributed by atoms with van der Waals surface area (Å²) in [5.74, 6) is 0.0564. The normalized spacial score (nSPS) is 15.8. The minimum Gasteiger partial charge on any atom is -0.336 e. The highest BCUT2D eigenvalue weighted by Gasteiger charge is 2.22. The number of piperazine rings is 1. The lowest BCUT2D eigenvalue weighted by atomic mass is 10.2. The molecule has 0 bridgehead atoms. The first-order chi connectivity index (χ1) is 11.2. The molecule has 1 amide bonds. The minimum atomic E-state index is 0.0564. The zero-order valence-electron chi connectivity index (χ0n) is 12.7. The lowest BCUT2D eigenvalue weighted by molar-refractivity contribution is 0.0629. The van der Waals surface area contributed by atoms with Crippen molar-refractivity contribution in [2.45, 2.75) is 13.1 Å². The molecule has 0 unspecified atom stereocenters. The average Bonchev–Trinajstić information content (AvgIpc) is 3.00. The number of pyridine rings is 1. The molecule has 0 saturated carbocycles. The molecule has 1 aliphatic rings. The van der Waals surface area contributed by atoms with Crippen LogP contribution in [0.2, 0.25) is 4.34 Å². The predicted molar refractivity (Wildman–Crippen MR) is 92.6 cm³/mol. The van der Waals surface area contributed by atoms with Gasteiger partial charge in [0.15, 0.2) is 0 Å². The number of carbonyl (C=O) groups is 1. The molecule has 1 saturated heterocycles. The second-order valence-corrected chi connectivity index (χ2v) is 7.31. The first kappa shape index (κ1) is 16.4. The Balaban J connectivity index is 1.56. The quantitative estimate of drug-likeness (QED) is 0.918. The van der Waals surface area contributed by atoms with Crippen molar-refractivity contribution < 1.29 is 4.79 Å². The van der Waals surface area contributed by atoms with Crippen molar-refractivity contribution in [3.63, 3.8) is 0 Å². The molecule has 1 aliphatic heterocycles. The molecule has 2 N–H and O–H groups in total. The van der Waals surface area contributed by atoms with Crippen LogP contribution in [-0.2, 0) is 13.1 Å². The SMILES string of the molecule is NCc1cc(C(=O)N2CCN(Cc3ccc(Cl)s3)CC2)ccn1. The zero-order valence-corrected chi connectivity index (χ0v) is 14.3. The predicted octanol–water partition coefficient (Wildman–Crippen LogP) is 2.21. The van der Waals surface area contributed by atoms with Crippen molar-refractivity contribution in [3.8, 4) is 0 Å². The molecular formula is C16H19ClN4OS. The van der Waals surface area contributed by atoms with Gasteiger partial charge in [-0.2, -0.15) is 0 Å². The molecule has 2 aromatic heterocycles. The molecule has 2 aromatic rings. The van der Waals surface area contributed by atoms with Crippen LogP contribution in [0.3, 0.4) is 0 Å². The summed E-state index contributed by atoms with van der Waals surface area (Å²) in [4.78, 5) is 22.2. The number of halogens is 1. The molecule has 0 radical (unpaired) electrons. The number of aromatic nitrogens is 1. The number of amides is 1. The molecule has 0 aliphatic carbocycles. The third-order valence-electron chi connectivity index (χ3n) is 3.94. The number of rotatable bonds is 4. The average molecular weight is 351 g/mol. The Kier molecular flexibility index (Phi) is 5.27. The maximum atomic E-state index is 12.6. The number of hydrogen-bond acceptors (Lipinski definition) is 5. The summed E-state index contributed by atoms with van der Waals surface area (Å²) in [6.45, 7) is 4.45. The highest BCUT2D eigenvalue weighted by molar-refractivity contribution is 7.16. The number of carbonyl (C=O) groups excluding carboxylic acids is 1. The van der Waals surface area contributed by atoms with Crippen LogP contribution in [0, 0.1) is 0 Å². The second kappa shape index (κ2) is 7.40. The number of nitrogens with two attached hydrogens (primary N) is 1. The van der Waals surface area contributed by atoms with E-state index < -0.39 is 0 Å². The van der Waals surface area contributed by atoms with Crippen LogP contribution >= 0.6 is 22.9 Å². The molecule has 3 heterocycles. The van der Waals surface area contributed by atoms with Crippen LogP contribution in [0.15, 0.2) is 30.5 Å². The van der Waals surface area contributed by atoms with Crippen molar-refractivity contribution in [2.75, 3.05) is 26.2 Å². The minimum absolute atomic E-state index is 0.0564. The fourth-order valence-corrected chi connectivity index (χ4v) is 3.80. The molecule has 0 aromatic carbocycles. The summed E-state index contributed by atoms with van der Waals surface area (Å²) in [5, 5.41) is 0. The van der Waals surface area contributed by atoms with Gasteiger partial charge in [0, 0.05) is 55.9 Å². The molecule has 0 atom stereocenters. The van der Waals surface area contributed by atoms with Crippen LogP contribution < -0.4 is 5.73 Å². The van der Waals surface area contributed by atoms with Gasteiger partial charge in [-0.1, -0.05) is 11.6 Å². The van der Waals surface area contributed by atoms with E-state index in [4.69, 9.17) is 17.3 Å². The first-order valence-electron chi connectivity index (χ1n) is 7.56. The summed E-state index contributed by atoms with van der Waals surface area (Å²) < 4.78 is 0.821. The number of hydrogen-bond donors (Lipinski definition) is 1. The Labute approximate surface area is 144 Å². The van der Waals surface area contributed by atoms with Gasteiger partial charge in [-0.25, -0.2) is 0 Å². The van der Waals surface area contributed by atoms with E-state index in [9.17, 15) is 4.79 Å². The maximum Gasteiger partial charge on any atom is 0.254 e. The molecular weight excluding hydrogens is 332 g/mol. The third-order valence-corrected chi connectivity index (χ3v) is 5.16. The van der Waals surface area contributed by atoms with Crippen LogP contribution in [0.1, 0.15) is 20.9 Å². The fourth-order valence-electron chi connectivity index (χ4n) is 2.67. The lowest BCUT2D eigenvalue weighted by Gasteiger charge is -2.34. The Morgan fingerprint density at radius 1 is 1.26 bits per heavy atom. The molecule has 5 nitrogen and oxygen atoms in total. The summed E-state index contributed by atoms with van der Waals surface area (Å²) in [6, 6.07) is 7.53. The standard InChI is InChI=1S/C16H19ClN4OS/c17-15-2-1-14(23-15)11-20-5-7-21(8-6-20)16(22)12-3-4-19-13(9-12)10-18/h1-4,9H,5-8,10-11,18H2. The van der Waals surface area contributed by atoms with E-state index >= 15 is 0 Å². The van der Waals surface area contributed by atoms with Crippen molar-refractivity contribution in [3.05, 3.63) is 50.9 Å². The monoisotopic (exact) mass is 350 g/mol. The van der Waals surface area contributed by atoms with E-state index in [-0.39, 0.29) is 5.91 Å². The van der Waals surface area contributed by atoms with Gasteiger partial charge >= 0.3 is 0 Å². The third kappa shape index (κ3) is 4.09. The Morgan fingerprint density at radius 3 is 2.70 bits per heavy atom. The Bertz CT molecular complexity index is 682. The van der Waals surface area contributed by atoms with Crippen molar-refractivity contribution in [1.29, 1.82) is 0 Å².